The molecule has 2 aliphatic rings. The average molecular weight is 516 g/mol. The van der Waals surface area contributed by atoms with Crippen molar-refractivity contribution in [2.45, 2.75) is 61.4 Å². The van der Waals surface area contributed by atoms with Crippen molar-refractivity contribution in [3.8, 4) is 11.5 Å². The van der Waals surface area contributed by atoms with E-state index < -0.39 is 80.3 Å². The number of hydrogen-bond acceptors (Lipinski definition) is 14. The zero-order valence-corrected chi connectivity index (χ0v) is 19.0. The van der Waals surface area contributed by atoms with Gasteiger partial charge in [-0.25, -0.2) is 4.79 Å². The Morgan fingerprint density at radius 2 is 1.44 bits per heavy atom. The molecule has 3 heterocycles. The highest BCUT2D eigenvalue weighted by Crippen LogP contribution is 2.35. The molecule has 0 saturated carbocycles. The monoisotopic (exact) mass is 516 g/mol. The predicted octanol–water partition coefficient (Wildman–Crippen LogP) is -3.20. The summed E-state index contributed by atoms with van der Waals surface area (Å²) in [4.78, 5) is 11.6. The first-order valence-electron chi connectivity index (χ1n) is 11.0. The number of hydrogen-bond donors (Lipinski definition) is 7. The first-order chi connectivity index (χ1) is 17.1. The third-order valence-electron chi connectivity index (χ3n) is 6.09. The van der Waals surface area contributed by atoms with Crippen LogP contribution >= 0.6 is 0 Å². The summed E-state index contributed by atoms with van der Waals surface area (Å²) in [6, 6.07) is 5.61. The first-order valence-corrected chi connectivity index (χ1v) is 11.0. The van der Waals surface area contributed by atoms with Gasteiger partial charge in [0.2, 0.25) is 6.29 Å². The van der Waals surface area contributed by atoms with Crippen LogP contribution in [0.4, 0.5) is 0 Å². The summed E-state index contributed by atoms with van der Waals surface area (Å²) in [6.07, 6.45) is -15.6. The highest BCUT2D eigenvalue weighted by molar-refractivity contribution is 5.80. The summed E-state index contributed by atoms with van der Waals surface area (Å²) < 4.78 is 32.3. The minimum absolute atomic E-state index is 0.000548. The fourth-order valence-electron chi connectivity index (χ4n) is 4.00. The lowest BCUT2D eigenvalue weighted by Crippen LogP contribution is -2.62. The van der Waals surface area contributed by atoms with Gasteiger partial charge in [0.05, 0.1) is 20.3 Å². The number of rotatable bonds is 7. The van der Waals surface area contributed by atoms with E-state index in [-0.39, 0.29) is 17.1 Å². The van der Waals surface area contributed by atoms with Gasteiger partial charge in [-0.05, 0) is 12.1 Å². The third kappa shape index (κ3) is 5.19. The molecular formula is C22H28O14. The Kier molecular flexibility index (Phi) is 8.11. The van der Waals surface area contributed by atoms with E-state index in [4.69, 9.17) is 28.1 Å². The second kappa shape index (κ2) is 10.9. The van der Waals surface area contributed by atoms with Crippen LogP contribution in [-0.2, 0) is 14.2 Å². The molecule has 0 amide bonds. The Morgan fingerprint density at radius 3 is 2.11 bits per heavy atom. The van der Waals surface area contributed by atoms with Gasteiger partial charge in [-0.3, -0.25) is 0 Å². The Morgan fingerprint density at radius 1 is 0.806 bits per heavy atom. The summed E-state index contributed by atoms with van der Waals surface area (Å²) in [5, 5.41) is 70.9. The first kappa shape index (κ1) is 26.7. The molecule has 0 spiro atoms. The highest BCUT2D eigenvalue weighted by Gasteiger charge is 2.48. The SMILES string of the molecule is COc1cc2ccc(=O)oc2cc1OC1OC(COC2OC(CO)C(O)C(O)C2O)C(O)C(O)C1O. The molecular weight excluding hydrogens is 488 g/mol. The molecule has 14 nitrogen and oxygen atoms in total. The number of benzene rings is 1. The number of aliphatic hydroxyl groups excluding tert-OH is 7. The summed E-state index contributed by atoms with van der Waals surface area (Å²) in [6.45, 7) is -1.18. The Balaban J connectivity index is 1.49. The molecule has 0 bridgehead atoms. The van der Waals surface area contributed by atoms with E-state index in [0.717, 1.165) is 0 Å². The van der Waals surface area contributed by atoms with Crippen molar-refractivity contribution in [3.63, 3.8) is 0 Å². The van der Waals surface area contributed by atoms with Crippen LogP contribution < -0.4 is 15.1 Å². The van der Waals surface area contributed by atoms with Crippen molar-refractivity contribution < 1.29 is 63.8 Å². The maximum Gasteiger partial charge on any atom is 0.336 e. The van der Waals surface area contributed by atoms with Gasteiger partial charge in [0.15, 0.2) is 17.8 Å². The van der Waals surface area contributed by atoms with Crippen LogP contribution in [-0.4, -0.2) is 117 Å². The smallest absolute Gasteiger partial charge is 0.336 e. The summed E-state index contributed by atoms with van der Waals surface area (Å²) in [5.74, 6) is 0.197. The summed E-state index contributed by atoms with van der Waals surface area (Å²) >= 11 is 0. The highest BCUT2D eigenvalue weighted by atomic mass is 16.7. The topological polar surface area (TPSA) is 218 Å². The predicted molar refractivity (Wildman–Crippen MR) is 116 cm³/mol. The maximum absolute atomic E-state index is 11.6. The molecule has 10 atom stereocenters. The minimum Gasteiger partial charge on any atom is -0.493 e. The van der Waals surface area contributed by atoms with Crippen molar-refractivity contribution in [2.75, 3.05) is 20.3 Å². The van der Waals surface area contributed by atoms with Gasteiger partial charge in [0, 0.05) is 17.5 Å². The van der Waals surface area contributed by atoms with Crippen LogP contribution in [0.2, 0.25) is 0 Å². The molecule has 7 N–H and O–H groups in total. The van der Waals surface area contributed by atoms with Crippen LogP contribution in [0, 0.1) is 0 Å². The van der Waals surface area contributed by atoms with Crippen LogP contribution in [0.25, 0.3) is 11.0 Å². The van der Waals surface area contributed by atoms with Gasteiger partial charge in [-0.1, -0.05) is 0 Å². The molecule has 10 unspecified atom stereocenters. The van der Waals surface area contributed by atoms with E-state index in [2.05, 4.69) is 0 Å². The Hall–Kier alpha value is -2.37. The lowest BCUT2D eigenvalue weighted by atomic mass is 9.98. The number of fused-ring (bicyclic) bond motifs is 1. The lowest BCUT2D eigenvalue weighted by Gasteiger charge is -2.42. The Bertz CT molecular complexity index is 1090. The fourth-order valence-corrected chi connectivity index (χ4v) is 4.00. The molecule has 2 aromatic rings. The molecule has 36 heavy (non-hydrogen) atoms. The summed E-state index contributed by atoms with van der Waals surface area (Å²) in [5.41, 5.74) is -0.441. The number of aliphatic hydroxyl groups is 7. The molecule has 200 valence electrons. The van der Waals surface area contributed by atoms with E-state index in [0.29, 0.717) is 5.39 Å². The van der Waals surface area contributed by atoms with Crippen molar-refractivity contribution in [3.05, 3.63) is 34.7 Å². The second-order valence-electron chi connectivity index (χ2n) is 8.46. The van der Waals surface area contributed by atoms with Gasteiger partial charge in [0.25, 0.3) is 0 Å². The molecule has 2 saturated heterocycles. The van der Waals surface area contributed by atoms with Gasteiger partial charge in [-0.15, -0.1) is 0 Å². The van der Waals surface area contributed by atoms with E-state index in [9.17, 15) is 40.5 Å². The van der Waals surface area contributed by atoms with E-state index >= 15 is 0 Å². The summed E-state index contributed by atoms with van der Waals surface area (Å²) in [7, 11) is 1.36. The fraction of sp³-hybridized carbons (Fsp3) is 0.591. The van der Waals surface area contributed by atoms with E-state index in [1.54, 1.807) is 0 Å². The van der Waals surface area contributed by atoms with Crippen LogP contribution in [0.1, 0.15) is 0 Å². The third-order valence-corrected chi connectivity index (χ3v) is 6.09. The molecule has 4 rings (SSSR count). The second-order valence-corrected chi connectivity index (χ2v) is 8.46. The normalized spacial score (nSPS) is 37.1. The van der Waals surface area contributed by atoms with Crippen molar-refractivity contribution in [1.82, 2.24) is 0 Å². The molecule has 0 aliphatic carbocycles. The van der Waals surface area contributed by atoms with Crippen LogP contribution in [0.5, 0.6) is 11.5 Å². The lowest BCUT2D eigenvalue weighted by molar-refractivity contribution is -0.323. The molecule has 1 aromatic heterocycles. The Labute approximate surface area is 203 Å². The standard InChI is InChI=1S/C22H28O14/c1-31-10-4-8-2-3-14(24)33-9(8)5-11(10)34-22-20(30)18(28)16(26)13(36-22)7-32-21-19(29)17(27)15(25)12(6-23)35-21/h2-5,12-13,15-23,25-30H,6-7H2,1H3. The van der Waals surface area contributed by atoms with Gasteiger partial charge < -0.3 is 63.8 Å². The van der Waals surface area contributed by atoms with Crippen molar-refractivity contribution >= 4 is 11.0 Å². The largest absolute Gasteiger partial charge is 0.493 e. The van der Waals surface area contributed by atoms with Crippen LogP contribution in [0.15, 0.2) is 33.5 Å². The minimum atomic E-state index is -1.74. The molecule has 0 radical (unpaired) electrons. The quantitative estimate of drug-likeness (QED) is 0.180. The van der Waals surface area contributed by atoms with E-state index in [1.165, 1.54) is 31.4 Å². The van der Waals surface area contributed by atoms with E-state index in [1.807, 2.05) is 0 Å². The van der Waals surface area contributed by atoms with Crippen molar-refractivity contribution in [1.29, 1.82) is 0 Å². The molecule has 14 heteroatoms. The number of methoxy groups -OCH3 is 1. The number of ether oxygens (including phenoxy) is 5. The van der Waals surface area contributed by atoms with Gasteiger partial charge in [-0.2, -0.15) is 0 Å². The average Bonchev–Trinajstić information content (AvgIpc) is 2.87. The molecule has 2 aliphatic heterocycles. The van der Waals surface area contributed by atoms with Gasteiger partial charge >= 0.3 is 5.63 Å². The molecule has 1 aromatic carbocycles. The zero-order chi connectivity index (χ0) is 26.1. The zero-order valence-electron chi connectivity index (χ0n) is 19.0. The maximum atomic E-state index is 11.6. The van der Waals surface area contributed by atoms with Crippen LogP contribution in [0.3, 0.4) is 0 Å². The van der Waals surface area contributed by atoms with Crippen molar-refractivity contribution in [2.24, 2.45) is 0 Å². The molecule has 2 fully saturated rings. The van der Waals surface area contributed by atoms with Gasteiger partial charge in [0.1, 0.15) is 54.4 Å².